The van der Waals surface area contributed by atoms with E-state index in [2.05, 4.69) is 5.32 Å². The van der Waals surface area contributed by atoms with Crippen LogP contribution in [0.4, 0.5) is 0 Å². The van der Waals surface area contributed by atoms with E-state index >= 15 is 0 Å². The number of rotatable bonds is 4. The first kappa shape index (κ1) is 10.4. The average Bonchev–Trinajstić information content (AvgIpc) is 2.26. The van der Waals surface area contributed by atoms with Crippen LogP contribution in [-0.4, -0.2) is 18.7 Å². The monoisotopic (exact) mass is 191 g/mol. The molecule has 0 aromatic heterocycles. The van der Waals surface area contributed by atoms with Crippen molar-refractivity contribution >= 4 is 12.2 Å². The minimum Gasteiger partial charge on any atom is -0.352 e. The standard InChI is InChI=1S/C11H13NO2/c1-2-6-12-11(14)10-5-3-4-9(7-10)8-13/h3-5,7-8H,2,6H2,1H3,(H,12,14). The van der Waals surface area contributed by atoms with Crippen molar-refractivity contribution < 1.29 is 9.59 Å². The van der Waals surface area contributed by atoms with Gasteiger partial charge in [0.2, 0.25) is 0 Å². The van der Waals surface area contributed by atoms with Gasteiger partial charge in [0.1, 0.15) is 6.29 Å². The lowest BCUT2D eigenvalue weighted by molar-refractivity contribution is 0.0953. The van der Waals surface area contributed by atoms with Gasteiger partial charge in [0.15, 0.2) is 0 Å². The van der Waals surface area contributed by atoms with Gasteiger partial charge in [0.25, 0.3) is 5.91 Å². The SMILES string of the molecule is CCCNC(=O)c1cccc(C=O)c1. The molecular weight excluding hydrogens is 178 g/mol. The number of benzene rings is 1. The van der Waals surface area contributed by atoms with E-state index in [1.807, 2.05) is 6.92 Å². The molecule has 0 atom stereocenters. The maximum atomic E-state index is 11.4. The molecule has 1 aromatic rings. The zero-order valence-corrected chi connectivity index (χ0v) is 8.12. The van der Waals surface area contributed by atoms with E-state index < -0.39 is 0 Å². The maximum absolute atomic E-state index is 11.4. The summed E-state index contributed by atoms with van der Waals surface area (Å²) in [5.41, 5.74) is 1.05. The Kier molecular flexibility index (Phi) is 3.85. The van der Waals surface area contributed by atoms with Gasteiger partial charge >= 0.3 is 0 Å². The fraction of sp³-hybridized carbons (Fsp3) is 0.273. The number of nitrogens with one attached hydrogen (secondary N) is 1. The van der Waals surface area contributed by atoms with Gasteiger partial charge in [-0.3, -0.25) is 9.59 Å². The number of aldehydes is 1. The van der Waals surface area contributed by atoms with E-state index in [-0.39, 0.29) is 5.91 Å². The van der Waals surface area contributed by atoms with E-state index in [4.69, 9.17) is 0 Å². The lowest BCUT2D eigenvalue weighted by Crippen LogP contribution is -2.23. The summed E-state index contributed by atoms with van der Waals surface area (Å²) < 4.78 is 0. The summed E-state index contributed by atoms with van der Waals surface area (Å²) in [5, 5.41) is 2.75. The van der Waals surface area contributed by atoms with Crippen molar-refractivity contribution in [1.29, 1.82) is 0 Å². The minimum atomic E-state index is -0.129. The van der Waals surface area contributed by atoms with Gasteiger partial charge < -0.3 is 5.32 Å². The second-order valence-electron chi connectivity index (χ2n) is 3.00. The Morgan fingerprint density at radius 3 is 2.93 bits per heavy atom. The molecule has 14 heavy (non-hydrogen) atoms. The van der Waals surface area contributed by atoms with E-state index in [9.17, 15) is 9.59 Å². The quantitative estimate of drug-likeness (QED) is 0.735. The van der Waals surface area contributed by atoms with Crippen LogP contribution >= 0.6 is 0 Å². The molecule has 1 aromatic carbocycles. The van der Waals surface area contributed by atoms with Crippen LogP contribution in [0.5, 0.6) is 0 Å². The molecule has 74 valence electrons. The van der Waals surface area contributed by atoms with E-state index in [1.165, 1.54) is 0 Å². The highest BCUT2D eigenvalue weighted by Gasteiger charge is 2.03. The highest BCUT2D eigenvalue weighted by Crippen LogP contribution is 2.02. The largest absolute Gasteiger partial charge is 0.352 e. The van der Waals surface area contributed by atoms with Crippen LogP contribution in [0.1, 0.15) is 34.1 Å². The van der Waals surface area contributed by atoms with E-state index in [0.29, 0.717) is 17.7 Å². The Morgan fingerprint density at radius 1 is 1.50 bits per heavy atom. The average molecular weight is 191 g/mol. The van der Waals surface area contributed by atoms with E-state index in [0.717, 1.165) is 12.7 Å². The molecule has 0 aliphatic rings. The second kappa shape index (κ2) is 5.17. The van der Waals surface area contributed by atoms with Gasteiger partial charge in [-0.25, -0.2) is 0 Å². The molecule has 0 spiro atoms. The topological polar surface area (TPSA) is 46.2 Å². The molecule has 0 saturated carbocycles. The summed E-state index contributed by atoms with van der Waals surface area (Å²) >= 11 is 0. The summed E-state index contributed by atoms with van der Waals surface area (Å²) in [7, 11) is 0. The second-order valence-corrected chi connectivity index (χ2v) is 3.00. The predicted octanol–water partition coefficient (Wildman–Crippen LogP) is 1.64. The maximum Gasteiger partial charge on any atom is 0.251 e. The van der Waals surface area contributed by atoms with Gasteiger partial charge in [-0.2, -0.15) is 0 Å². The molecule has 1 amide bonds. The number of carbonyl (C=O) groups excluding carboxylic acids is 2. The molecule has 0 radical (unpaired) electrons. The third-order valence-electron chi connectivity index (χ3n) is 1.82. The fourth-order valence-electron chi connectivity index (χ4n) is 1.09. The molecule has 0 fully saturated rings. The van der Waals surface area contributed by atoms with Gasteiger partial charge in [-0.05, 0) is 18.6 Å². The third kappa shape index (κ3) is 2.69. The van der Waals surface area contributed by atoms with Crippen molar-refractivity contribution in [3.63, 3.8) is 0 Å². The molecule has 0 aliphatic carbocycles. The van der Waals surface area contributed by atoms with Crippen LogP contribution < -0.4 is 5.32 Å². The highest BCUT2D eigenvalue weighted by atomic mass is 16.1. The Bertz CT molecular complexity index is 334. The Balaban J connectivity index is 2.74. The first-order valence-corrected chi connectivity index (χ1v) is 4.61. The molecule has 0 unspecified atom stereocenters. The van der Waals surface area contributed by atoms with Gasteiger partial charge in [-0.1, -0.05) is 19.1 Å². The van der Waals surface area contributed by atoms with Crippen LogP contribution in [0.2, 0.25) is 0 Å². The zero-order valence-electron chi connectivity index (χ0n) is 8.12. The Labute approximate surface area is 83.1 Å². The molecule has 1 rings (SSSR count). The summed E-state index contributed by atoms with van der Waals surface area (Å²) in [6.45, 7) is 2.65. The Hall–Kier alpha value is -1.64. The van der Waals surface area contributed by atoms with Crippen molar-refractivity contribution in [2.75, 3.05) is 6.54 Å². The summed E-state index contributed by atoms with van der Waals surface area (Å²) in [6.07, 6.45) is 1.63. The lowest BCUT2D eigenvalue weighted by Gasteiger charge is -2.03. The molecule has 0 aliphatic heterocycles. The minimum absolute atomic E-state index is 0.129. The summed E-state index contributed by atoms with van der Waals surface area (Å²) in [6, 6.07) is 6.64. The lowest BCUT2D eigenvalue weighted by atomic mass is 10.1. The van der Waals surface area contributed by atoms with Crippen molar-refractivity contribution in [2.24, 2.45) is 0 Å². The van der Waals surface area contributed by atoms with Crippen LogP contribution in [0, 0.1) is 0 Å². The molecule has 0 saturated heterocycles. The highest BCUT2D eigenvalue weighted by molar-refractivity contribution is 5.95. The van der Waals surface area contributed by atoms with Gasteiger partial charge in [0.05, 0.1) is 0 Å². The molecule has 3 heteroatoms. The fourth-order valence-corrected chi connectivity index (χ4v) is 1.09. The van der Waals surface area contributed by atoms with Crippen molar-refractivity contribution in [2.45, 2.75) is 13.3 Å². The number of hydrogen-bond donors (Lipinski definition) is 1. The number of hydrogen-bond acceptors (Lipinski definition) is 2. The van der Waals surface area contributed by atoms with Crippen LogP contribution in [0.15, 0.2) is 24.3 Å². The van der Waals surface area contributed by atoms with Crippen LogP contribution in [0.3, 0.4) is 0 Å². The zero-order chi connectivity index (χ0) is 10.4. The van der Waals surface area contributed by atoms with Crippen molar-refractivity contribution in [1.82, 2.24) is 5.32 Å². The molecule has 1 N–H and O–H groups in total. The van der Waals surface area contributed by atoms with Gasteiger partial charge in [-0.15, -0.1) is 0 Å². The van der Waals surface area contributed by atoms with Crippen LogP contribution in [0.25, 0.3) is 0 Å². The number of amides is 1. The van der Waals surface area contributed by atoms with Gasteiger partial charge in [0, 0.05) is 17.7 Å². The Morgan fingerprint density at radius 2 is 2.29 bits per heavy atom. The first-order valence-electron chi connectivity index (χ1n) is 4.61. The molecule has 0 heterocycles. The number of carbonyl (C=O) groups is 2. The molecule has 0 bridgehead atoms. The summed E-state index contributed by atoms with van der Waals surface area (Å²) in [4.78, 5) is 21.9. The third-order valence-corrected chi connectivity index (χ3v) is 1.82. The van der Waals surface area contributed by atoms with E-state index in [1.54, 1.807) is 24.3 Å². The molecular formula is C11H13NO2. The molecule has 3 nitrogen and oxygen atoms in total. The first-order chi connectivity index (χ1) is 6.77. The summed E-state index contributed by atoms with van der Waals surface area (Å²) in [5.74, 6) is -0.129. The smallest absolute Gasteiger partial charge is 0.251 e. The normalized spacial score (nSPS) is 9.50. The van der Waals surface area contributed by atoms with Crippen molar-refractivity contribution in [3.05, 3.63) is 35.4 Å². The van der Waals surface area contributed by atoms with Crippen molar-refractivity contribution in [3.8, 4) is 0 Å². The van der Waals surface area contributed by atoms with Crippen LogP contribution in [-0.2, 0) is 0 Å². The predicted molar refractivity (Wildman–Crippen MR) is 54.5 cm³/mol.